The lowest BCUT2D eigenvalue weighted by atomic mass is 9.91. The first-order chi connectivity index (χ1) is 18.1. The molecule has 38 heavy (non-hydrogen) atoms. The van der Waals surface area contributed by atoms with Crippen LogP contribution in [-0.2, 0) is 30.7 Å². The number of hydrogen-bond acceptors (Lipinski definition) is 6. The first-order valence-corrected chi connectivity index (χ1v) is 12.1. The van der Waals surface area contributed by atoms with Crippen LogP contribution in [-0.4, -0.2) is 32.0 Å². The number of hydrogen-bond donors (Lipinski definition) is 2. The normalized spacial score (nSPS) is 12.8. The SMILES string of the molecule is COc1ccc2c(CNC(=O)Cc3ccc(O)cc3)c3[n+](cc2c1OC)CCc1cc2c(cc1-3)OCO2.[I-]. The number of phenolic OH excluding ortho intramolecular Hbond substituents is 1. The monoisotopic (exact) mass is 626 g/mol. The smallest absolute Gasteiger partial charge is 0.231 e. The van der Waals surface area contributed by atoms with Crippen molar-refractivity contribution in [2.24, 2.45) is 0 Å². The number of carbonyl (C=O) groups is 1. The van der Waals surface area contributed by atoms with Crippen LogP contribution >= 0.6 is 0 Å². The molecule has 0 bridgehead atoms. The number of nitrogens with one attached hydrogen (secondary N) is 1. The third-order valence-electron chi connectivity index (χ3n) is 7.01. The summed E-state index contributed by atoms with van der Waals surface area (Å²) in [4.78, 5) is 12.9. The summed E-state index contributed by atoms with van der Waals surface area (Å²) in [5, 5.41) is 14.5. The summed E-state index contributed by atoms with van der Waals surface area (Å²) >= 11 is 0. The minimum atomic E-state index is -0.108. The molecule has 196 valence electrons. The summed E-state index contributed by atoms with van der Waals surface area (Å²) in [7, 11) is 3.26. The van der Waals surface area contributed by atoms with Gasteiger partial charge in [0.1, 0.15) is 5.75 Å². The number of amides is 1. The van der Waals surface area contributed by atoms with Gasteiger partial charge in [-0.2, -0.15) is 4.57 Å². The molecule has 0 unspecified atom stereocenters. The average molecular weight is 626 g/mol. The molecule has 1 amide bonds. The Labute approximate surface area is 237 Å². The van der Waals surface area contributed by atoms with Gasteiger partial charge in [0.05, 0.1) is 37.2 Å². The molecule has 0 atom stereocenters. The highest BCUT2D eigenvalue weighted by Gasteiger charge is 2.32. The van der Waals surface area contributed by atoms with Gasteiger partial charge in [0, 0.05) is 18.4 Å². The Balaban J connectivity index is 0.00000294. The van der Waals surface area contributed by atoms with Gasteiger partial charge in [-0.1, -0.05) is 12.1 Å². The van der Waals surface area contributed by atoms with E-state index in [1.54, 1.807) is 38.5 Å². The molecule has 6 rings (SSSR count). The lowest BCUT2D eigenvalue weighted by Gasteiger charge is -2.21. The van der Waals surface area contributed by atoms with Gasteiger partial charge < -0.3 is 53.3 Å². The Bertz CT molecular complexity index is 1540. The van der Waals surface area contributed by atoms with Crippen molar-refractivity contribution < 1.29 is 57.4 Å². The van der Waals surface area contributed by atoms with Gasteiger partial charge in [-0.25, -0.2) is 0 Å². The van der Waals surface area contributed by atoms with Crippen LogP contribution < -0.4 is 52.8 Å². The number of aromatic nitrogens is 1. The number of ether oxygens (including phenoxy) is 4. The van der Waals surface area contributed by atoms with Crippen LogP contribution in [0.5, 0.6) is 28.7 Å². The van der Waals surface area contributed by atoms with Crippen molar-refractivity contribution >= 4 is 16.7 Å². The van der Waals surface area contributed by atoms with E-state index < -0.39 is 0 Å². The molecule has 8 nitrogen and oxygen atoms in total. The van der Waals surface area contributed by atoms with Gasteiger partial charge in [0.2, 0.25) is 18.4 Å². The minimum absolute atomic E-state index is 0. The topological polar surface area (TPSA) is 90.1 Å². The van der Waals surface area contributed by atoms with Gasteiger partial charge in [-0.05, 0) is 47.5 Å². The van der Waals surface area contributed by atoms with Gasteiger partial charge in [0.15, 0.2) is 35.7 Å². The fraction of sp³-hybridized carbons (Fsp3) is 0.241. The summed E-state index contributed by atoms with van der Waals surface area (Å²) in [6, 6.07) is 14.7. The van der Waals surface area contributed by atoms with Gasteiger partial charge in [0.25, 0.3) is 0 Å². The Morgan fingerprint density at radius 2 is 1.79 bits per heavy atom. The summed E-state index contributed by atoms with van der Waals surface area (Å²) in [5.74, 6) is 2.86. The number of aryl methyl sites for hydroxylation is 2. The molecule has 2 N–H and O–H groups in total. The number of rotatable bonds is 6. The van der Waals surface area contributed by atoms with E-state index in [1.165, 1.54) is 5.56 Å². The summed E-state index contributed by atoms with van der Waals surface area (Å²) in [6.07, 6.45) is 3.15. The second-order valence-corrected chi connectivity index (χ2v) is 9.14. The second-order valence-electron chi connectivity index (χ2n) is 9.14. The molecule has 0 saturated heterocycles. The predicted molar refractivity (Wildman–Crippen MR) is 136 cm³/mol. The molecule has 0 radical (unpaired) electrons. The minimum Gasteiger partial charge on any atom is -1.00 e. The van der Waals surface area contributed by atoms with E-state index in [0.717, 1.165) is 57.6 Å². The zero-order valence-electron chi connectivity index (χ0n) is 21.0. The second kappa shape index (κ2) is 10.6. The molecule has 3 heterocycles. The van der Waals surface area contributed by atoms with E-state index in [9.17, 15) is 9.90 Å². The van der Waals surface area contributed by atoms with Gasteiger partial charge >= 0.3 is 0 Å². The van der Waals surface area contributed by atoms with E-state index in [1.807, 2.05) is 18.2 Å². The van der Waals surface area contributed by atoms with Crippen LogP contribution in [0, 0.1) is 0 Å². The quantitative estimate of drug-likeness (QED) is 0.242. The Kier molecular flexibility index (Phi) is 7.20. The molecule has 0 aliphatic carbocycles. The van der Waals surface area contributed by atoms with E-state index in [-0.39, 0.29) is 48.8 Å². The van der Waals surface area contributed by atoms with Crippen molar-refractivity contribution in [1.29, 1.82) is 0 Å². The number of benzene rings is 3. The van der Waals surface area contributed by atoms with Crippen LogP contribution in [0.4, 0.5) is 0 Å². The number of nitrogens with zero attached hydrogens (tertiary/aromatic N) is 1. The maximum absolute atomic E-state index is 12.9. The Morgan fingerprint density at radius 3 is 2.53 bits per heavy atom. The van der Waals surface area contributed by atoms with Crippen molar-refractivity contribution in [1.82, 2.24) is 5.32 Å². The van der Waals surface area contributed by atoms with Crippen molar-refractivity contribution in [2.75, 3.05) is 21.0 Å². The van der Waals surface area contributed by atoms with Crippen LogP contribution in [0.25, 0.3) is 22.0 Å². The number of pyridine rings is 1. The zero-order valence-corrected chi connectivity index (χ0v) is 23.2. The third-order valence-corrected chi connectivity index (χ3v) is 7.01. The van der Waals surface area contributed by atoms with E-state index in [4.69, 9.17) is 18.9 Å². The van der Waals surface area contributed by atoms with Crippen LogP contribution in [0.15, 0.2) is 54.7 Å². The molecular weight excluding hydrogens is 599 g/mol. The summed E-state index contributed by atoms with van der Waals surface area (Å²) < 4.78 is 24.8. The van der Waals surface area contributed by atoms with Crippen LogP contribution in [0.1, 0.15) is 16.7 Å². The highest BCUT2D eigenvalue weighted by atomic mass is 127. The van der Waals surface area contributed by atoms with Gasteiger partial charge in [-0.15, -0.1) is 0 Å². The van der Waals surface area contributed by atoms with Crippen LogP contribution in [0.2, 0.25) is 0 Å². The first kappa shape index (κ1) is 25.9. The predicted octanol–water partition coefficient (Wildman–Crippen LogP) is 0.665. The fourth-order valence-electron chi connectivity index (χ4n) is 5.24. The number of carbonyl (C=O) groups excluding carboxylic acids is 1. The molecule has 3 aromatic carbocycles. The molecule has 2 aliphatic rings. The summed E-state index contributed by atoms with van der Waals surface area (Å²) in [6.45, 7) is 1.31. The largest absolute Gasteiger partial charge is 1.00 e. The maximum Gasteiger partial charge on any atom is 0.231 e. The summed E-state index contributed by atoms with van der Waals surface area (Å²) in [5.41, 5.74) is 5.09. The average Bonchev–Trinajstić information content (AvgIpc) is 3.37. The fourth-order valence-corrected chi connectivity index (χ4v) is 5.24. The van der Waals surface area contributed by atoms with Crippen molar-refractivity contribution in [3.05, 3.63) is 71.4 Å². The number of methoxy groups -OCH3 is 2. The van der Waals surface area contributed by atoms with Crippen LogP contribution in [0.3, 0.4) is 0 Å². The lowest BCUT2D eigenvalue weighted by Crippen LogP contribution is -3.00. The zero-order chi connectivity index (χ0) is 25.5. The van der Waals surface area contributed by atoms with Crippen molar-refractivity contribution in [3.63, 3.8) is 0 Å². The molecule has 0 spiro atoms. The number of fused-ring (bicyclic) bond motifs is 5. The molecule has 9 heteroatoms. The number of halogens is 1. The number of phenols is 1. The standard InChI is InChI=1S/C29H26N2O6.HI/c1-34-24-8-7-20-22(14-30-27(33)11-17-3-5-19(32)6-4-17)28-21-13-26-25(36-16-37-26)12-18(21)9-10-31(28)15-23(20)29(24)35-2;/h3-8,12-13,15H,9-11,14,16H2,1-2H3,(H-,30,32,33);1H. The molecule has 2 aliphatic heterocycles. The molecule has 0 saturated carbocycles. The third kappa shape index (κ3) is 4.55. The molecular formula is C29H27IN2O6. The molecule has 4 aromatic rings. The Morgan fingerprint density at radius 1 is 1.03 bits per heavy atom. The number of aromatic hydroxyl groups is 1. The van der Waals surface area contributed by atoms with Crippen molar-refractivity contribution in [3.8, 4) is 40.0 Å². The highest BCUT2D eigenvalue weighted by Crippen LogP contribution is 2.43. The van der Waals surface area contributed by atoms with E-state index in [2.05, 4.69) is 22.1 Å². The molecule has 1 aromatic heterocycles. The lowest BCUT2D eigenvalue weighted by molar-refractivity contribution is -0.686. The molecule has 0 fully saturated rings. The van der Waals surface area contributed by atoms with E-state index >= 15 is 0 Å². The first-order valence-electron chi connectivity index (χ1n) is 12.1. The van der Waals surface area contributed by atoms with E-state index in [0.29, 0.717) is 18.0 Å². The van der Waals surface area contributed by atoms with Gasteiger partial charge in [-0.3, -0.25) is 4.79 Å². The Hall–Kier alpha value is -3.73. The van der Waals surface area contributed by atoms with Crippen molar-refractivity contribution in [2.45, 2.75) is 25.9 Å². The highest BCUT2D eigenvalue weighted by molar-refractivity contribution is 5.95. The maximum atomic E-state index is 12.9.